The minimum absolute atomic E-state index is 0.00866. The fraction of sp³-hybridized carbons (Fsp3) is 0.259. The number of ether oxygens (including phenoxy) is 2. The molecular formula is C27H26Br2N2O7S. The third kappa shape index (κ3) is 6.63. The Morgan fingerprint density at radius 1 is 0.974 bits per heavy atom. The molecule has 4 rings (SSSR count). The number of carboxylic acids is 1. The smallest absolute Gasteiger partial charge is 0.323 e. The van der Waals surface area contributed by atoms with Crippen molar-refractivity contribution in [2.75, 3.05) is 31.6 Å². The lowest BCUT2D eigenvalue weighted by molar-refractivity contribution is -0.135. The number of piperidine rings is 1. The predicted molar refractivity (Wildman–Crippen MR) is 153 cm³/mol. The summed E-state index contributed by atoms with van der Waals surface area (Å²) in [5.41, 5.74) is 0.660. The first-order valence-corrected chi connectivity index (χ1v) is 15.1. The average Bonchev–Trinajstić information content (AvgIpc) is 2.94. The molecule has 1 heterocycles. The molecule has 3 aromatic rings. The molecule has 0 atom stereocenters. The Bertz CT molecular complexity index is 1450. The lowest BCUT2D eigenvalue weighted by Crippen LogP contribution is -2.35. The number of hydrogen-bond donors (Lipinski definition) is 1. The summed E-state index contributed by atoms with van der Waals surface area (Å²) in [5.74, 6) is -0.873. The summed E-state index contributed by atoms with van der Waals surface area (Å²) in [5, 5.41) is 9.45. The Hall–Kier alpha value is -2.93. The highest BCUT2D eigenvalue weighted by atomic mass is 79.9. The van der Waals surface area contributed by atoms with Crippen LogP contribution in [-0.4, -0.2) is 56.5 Å². The molecule has 0 unspecified atom stereocenters. The summed E-state index contributed by atoms with van der Waals surface area (Å²) in [7, 11) is -2.39. The number of amides is 1. The summed E-state index contributed by atoms with van der Waals surface area (Å²) in [6, 6.07) is 16.1. The molecule has 39 heavy (non-hydrogen) atoms. The van der Waals surface area contributed by atoms with Crippen LogP contribution in [-0.2, 0) is 14.8 Å². The number of carbonyl (C=O) groups is 2. The van der Waals surface area contributed by atoms with E-state index in [2.05, 4.69) is 31.9 Å². The fourth-order valence-electron chi connectivity index (χ4n) is 4.24. The zero-order valence-corrected chi connectivity index (χ0v) is 25.0. The van der Waals surface area contributed by atoms with Crippen LogP contribution in [0.25, 0.3) is 0 Å². The monoisotopic (exact) mass is 680 g/mol. The van der Waals surface area contributed by atoms with E-state index in [9.17, 15) is 23.1 Å². The molecule has 1 fully saturated rings. The molecule has 0 aliphatic carbocycles. The number of sulfonamides is 1. The first-order chi connectivity index (χ1) is 18.6. The van der Waals surface area contributed by atoms with Crippen molar-refractivity contribution in [1.29, 1.82) is 0 Å². The number of aliphatic carboxylic acids is 1. The van der Waals surface area contributed by atoms with Gasteiger partial charge in [-0.15, -0.1) is 0 Å². The summed E-state index contributed by atoms with van der Waals surface area (Å²) in [6.45, 7) is 0.344. The van der Waals surface area contributed by atoms with Gasteiger partial charge in [0.05, 0.1) is 16.1 Å². The largest absolute Gasteiger partial charge is 0.495 e. The Morgan fingerprint density at radius 3 is 2.21 bits per heavy atom. The minimum atomic E-state index is -3.80. The van der Waals surface area contributed by atoms with Crippen molar-refractivity contribution >= 4 is 59.4 Å². The summed E-state index contributed by atoms with van der Waals surface area (Å²) < 4.78 is 40.5. The third-order valence-corrected chi connectivity index (χ3v) is 9.24. The minimum Gasteiger partial charge on any atom is -0.495 e. The molecular weight excluding hydrogens is 656 g/mol. The lowest BCUT2D eigenvalue weighted by Gasteiger charge is -2.26. The van der Waals surface area contributed by atoms with Gasteiger partial charge in [-0.2, -0.15) is 4.31 Å². The first kappa shape index (κ1) is 29.1. The molecule has 1 aliphatic rings. The van der Waals surface area contributed by atoms with Crippen molar-refractivity contribution in [2.45, 2.75) is 24.2 Å². The summed E-state index contributed by atoms with van der Waals surface area (Å²) >= 11 is 6.91. The SMILES string of the molecule is COc1ccc(Oc2c(Br)cc(N(CC(=O)O)C(=O)c3ccccc3)cc2Br)cc1S(=O)(=O)N1CCCCC1. The highest BCUT2D eigenvalue weighted by Gasteiger charge is 2.30. The quantitative estimate of drug-likeness (QED) is 0.298. The van der Waals surface area contributed by atoms with Crippen LogP contribution in [0.3, 0.4) is 0 Å². The van der Waals surface area contributed by atoms with Crippen LogP contribution >= 0.6 is 31.9 Å². The highest BCUT2D eigenvalue weighted by Crippen LogP contribution is 2.42. The second-order valence-electron chi connectivity index (χ2n) is 8.77. The van der Waals surface area contributed by atoms with Gasteiger partial charge >= 0.3 is 5.97 Å². The molecule has 3 aromatic carbocycles. The van der Waals surface area contributed by atoms with Gasteiger partial charge in [0.25, 0.3) is 5.91 Å². The Kier molecular flexibility index (Phi) is 9.31. The van der Waals surface area contributed by atoms with Crippen molar-refractivity contribution in [1.82, 2.24) is 4.31 Å². The molecule has 0 saturated carbocycles. The lowest BCUT2D eigenvalue weighted by atomic mass is 10.1. The van der Waals surface area contributed by atoms with Gasteiger partial charge < -0.3 is 14.6 Å². The number of benzene rings is 3. The normalized spacial score (nSPS) is 14.0. The third-order valence-electron chi connectivity index (χ3n) is 6.14. The molecule has 0 aromatic heterocycles. The number of nitrogens with zero attached hydrogens (tertiary/aromatic N) is 2. The van der Waals surface area contributed by atoms with E-state index in [1.54, 1.807) is 48.5 Å². The highest BCUT2D eigenvalue weighted by molar-refractivity contribution is 9.11. The van der Waals surface area contributed by atoms with Crippen molar-refractivity contribution < 1.29 is 32.6 Å². The molecule has 0 bridgehead atoms. The molecule has 1 saturated heterocycles. The zero-order chi connectivity index (χ0) is 28.2. The topological polar surface area (TPSA) is 113 Å². The number of rotatable bonds is 9. The fourth-order valence-corrected chi connectivity index (χ4v) is 7.25. The Labute approximate surface area is 243 Å². The summed E-state index contributed by atoms with van der Waals surface area (Å²) in [4.78, 5) is 25.9. The van der Waals surface area contributed by atoms with Crippen molar-refractivity contribution in [3.05, 3.63) is 75.2 Å². The van der Waals surface area contributed by atoms with Crippen LogP contribution < -0.4 is 14.4 Å². The van der Waals surface area contributed by atoms with E-state index in [4.69, 9.17) is 9.47 Å². The van der Waals surface area contributed by atoms with Crippen molar-refractivity contribution in [2.24, 2.45) is 0 Å². The first-order valence-electron chi connectivity index (χ1n) is 12.1. The number of anilines is 1. The standard InChI is InChI=1S/C27H26Br2N2O7S/c1-37-23-11-10-20(16-24(23)39(35,36)30-12-6-3-7-13-30)38-26-21(28)14-19(15-22(26)29)31(17-25(32)33)27(34)18-8-4-2-5-9-18/h2,4-5,8-11,14-16H,3,6-7,12-13,17H2,1H3,(H,32,33). The number of hydrogen-bond acceptors (Lipinski definition) is 6. The van der Waals surface area contributed by atoms with Gasteiger partial charge in [0.15, 0.2) is 5.75 Å². The molecule has 0 spiro atoms. The molecule has 0 radical (unpaired) electrons. The maximum Gasteiger partial charge on any atom is 0.323 e. The maximum atomic E-state index is 13.4. The Morgan fingerprint density at radius 2 is 1.62 bits per heavy atom. The van der Waals surface area contributed by atoms with Crippen LogP contribution in [0.2, 0.25) is 0 Å². The van der Waals surface area contributed by atoms with Gasteiger partial charge in [0.2, 0.25) is 10.0 Å². The van der Waals surface area contributed by atoms with Gasteiger partial charge in [0, 0.05) is 30.4 Å². The van der Waals surface area contributed by atoms with E-state index in [0.29, 0.717) is 39.0 Å². The zero-order valence-electron chi connectivity index (χ0n) is 21.0. The van der Waals surface area contributed by atoms with Crippen LogP contribution in [0.4, 0.5) is 5.69 Å². The van der Waals surface area contributed by atoms with Gasteiger partial charge in [-0.05, 0) is 81.1 Å². The van der Waals surface area contributed by atoms with Crippen LogP contribution in [0, 0.1) is 0 Å². The average molecular weight is 682 g/mol. The van der Waals surface area contributed by atoms with E-state index in [1.807, 2.05) is 0 Å². The number of carboxylic acid groups (broad SMARTS) is 1. The van der Waals surface area contributed by atoms with Gasteiger partial charge in [0.1, 0.15) is 22.9 Å². The van der Waals surface area contributed by atoms with E-state index in [0.717, 1.165) is 24.2 Å². The van der Waals surface area contributed by atoms with E-state index in [-0.39, 0.29) is 16.4 Å². The number of methoxy groups -OCH3 is 1. The molecule has 9 nitrogen and oxygen atoms in total. The van der Waals surface area contributed by atoms with E-state index in [1.165, 1.54) is 23.5 Å². The van der Waals surface area contributed by atoms with E-state index >= 15 is 0 Å². The number of carbonyl (C=O) groups excluding carboxylic acids is 1. The second-order valence-corrected chi connectivity index (χ2v) is 12.4. The maximum absolute atomic E-state index is 13.4. The van der Waals surface area contributed by atoms with Gasteiger partial charge in [-0.3, -0.25) is 14.5 Å². The second kappa shape index (κ2) is 12.5. The Balaban J connectivity index is 1.67. The van der Waals surface area contributed by atoms with Crippen LogP contribution in [0.1, 0.15) is 29.6 Å². The van der Waals surface area contributed by atoms with Crippen LogP contribution in [0.5, 0.6) is 17.2 Å². The number of halogens is 2. The van der Waals surface area contributed by atoms with Crippen LogP contribution in [0.15, 0.2) is 74.5 Å². The molecule has 1 N–H and O–H groups in total. The van der Waals surface area contributed by atoms with E-state index < -0.39 is 28.4 Å². The molecule has 1 amide bonds. The van der Waals surface area contributed by atoms with Gasteiger partial charge in [-0.25, -0.2) is 8.42 Å². The molecule has 1 aliphatic heterocycles. The predicted octanol–water partition coefficient (Wildman–Crippen LogP) is 5.92. The molecule has 12 heteroatoms. The summed E-state index contributed by atoms with van der Waals surface area (Å²) in [6.07, 6.45) is 2.59. The van der Waals surface area contributed by atoms with Gasteiger partial charge in [-0.1, -0.05) is 24.6 Å². The molecule has 206 valence electrons. The van der Waals surface area contributed by atoms with Crippen molar-refractivity contribution in [3.63, 3.8) is 0 Å². The van der Waals surface area contributed by atoms with Crippen molar-refractivity contribution in [3.8, 4) is 17.2 Å².